The first-order valence-corrected chi connectivity index (χ1v) is 7.41. The van der Waals surface area contributed by atoms with E-state index in [9.17, 15) is 4.79 Å². The maximum Gasteiger partial charge on any atom is 0.230 e. The van der Waals surface area contributed by atoms with E-state index in [4.69, 9.17) is 11.6 Å². The minimum absolute atomic E-state index is 0.0129. The number of benzene rings is 2. The molecule has 2 nitrogen and oxygen atoms in total. The second kappa shape index (κ2) is 6.31. The number of hydrogen-bond acceptors (Lipinski definition) is 1. The van der Waals surface area contributed by atoms with Crippen molar-refractivity contribution in [2.24, 2.45) is 0 Å². The summed E-state index contributed by atoms with van der Waals surface area (Å²) < 4.78 is 0. The molecular formula is C18H20ClNO. The van der Waals surface area contributed by atoms with Gasteiger partial charge in [-0.05, 0) is 44.0 Å². The van der Waals surface area contributed by atoms with Crippen molar-refractivity contribution < 1.29 is 4.79 Å². The van der Waals surface area contributed by atoms with Gasteiger partial charge in [0, 0.05) is 5.02 Å². The molecule has 1 N–H and O–H groups in total. The SMILES string of the molecule is CC(NC(=O)C(C)(C)c1cccc(Cl)c1)c1ccccc1. The van der Waals surface area contributed by atoms with Crippen LogP contribution in [-0.2, 0) is 10.2 Å². The van der Waals surface area contributed by atoms with E-state index in [1.165, 1.54) is 0 Å². The van der Waals surface area contributed by atoms with E-state index in [0.717, 1.165) is 11.1 Å². The average molecular weight is 302 g/mol. The highest BCUT2D eigenvalue weighted by molar-refractivity contribution is 6.30. The lowest BCUT2D eigenvalue weighted by Crippen LogP contribution is -2.41. The summed E-state index contributed by atoms with van der Waals surface area (Å²) in [5, 5.41) is 3.72. The van der Waals surface area contributed by atoms with E-state index in [1.54, 1.807) is 0 Å². The molecule has 1 unspecified atom stereocenters. The lowest BCUT2D eigenvalue weighted by molar-refractivity contribution is -0.126. The van der Waals surface area contributed by atoms with Crippen LogP contribution in [0.25, 0.3) is 0 Å². The largest absolute Gasteiger partial charge is 0.349 e. The van der Waals surface area contributed by atoms with Gasteiger partial charge in [-0.2, -0.15) is 0 Å². The molecule has 0 spiro atoms. The fraction of sp³-hybridized carbons (Fsp3) is 0.278. The van der Waals surface area contributed by atoms with Gasteiger partial charge < -0.3 is 5.32 Å². The zero-order valence-corrected chi connectivity index (χ0v) is 13.3. The van der Waals surface area contributed by atoms with Crippen LogP contribution in [0.15, 0.2) is 54.6 Å². The second-order valence-corrected chi connectivity index (χ2v) is 6.18. The van der Waals surface area contributed by atoms with E-state index in [2.05, 4.69) is 5.32 Å². The monoisotopic (exact) mass is 301 g/mol. The van der Waals surface area contributed by atoms with Crippen LogP contribution in [0.1, 0.15) is 37.9 Å². The first kappa shape index (κ1) is 15.6. The molecule has 2 aromatic carbocycles. The predicted molar refractivity (Wildman–Crippen MR) is 87.5 cm³/mol. The van der Waals surface area contributed by atoms with Crippen LogP contribution in [0.4, 0.5) is 0 Å². The first-order chi connectivity index (χ1) is 9.91. The zero-order valence-electron chi connectivity index (χ0n) is 12.6. The van der Waals surface area contributed by atoms with Crippen LogP contribution in [0.2, 0.25) is 5.02 Å². The van der Waals surface area contributed by atoms with Crippen molar-refractivity contribution in [1.29, 1.82) is 0 Å². The molecule has 21 heavy (non-hydrogen) atoms. The lowest BCUT2D eigenvalue weighted by atomic mass is 9.83. The van der Waals surface area contributed by atoms with E-state index < -0.39 is 5.41 Å². The smallest absolute Gasteiger partial charge is 0.230 e. The van der Waals surface area contributed by atoms with Gasteiger partial charge in [-0.3, -0.25) is 4.79 Å². The summed E-state index contributed by atoms with van der Waals surface area (Å²) in [4.78, 5) is 12.6. The fourth-order valence-electron chi connectivity index (χ4n) is 2.21. The Morgan fingerprint density at radius 1 is 1.10 bits per heavy atom. The number of nitrogens with one attached hydrogen (secondary N) is 1. The molecule has 2 rings (SSSR count). The van der Waals surface area contributed by atoms with Crippen LogP contribution >= 0.6 is 11.6 Å². The average Bonchev–Trinajstić information content (AvgIpc) is 2.48. The first-order valence-electron chi connectivity index (χ1n) is 7.03. The summed E-state index contributed by atoms with van der Waals surface area (Å²) in [5.74, 6) is -0.0129. The third-order valence-electron chi connectivity index (χ3n) is 3.76. The molecule has 3 heteroatoms. The fourth-order valence-corrected chi connectivity index (χ4v) is 2.40. The maximum absolute atomic E-state index is 12.6. The van der Waals surface area contributed by atoms with E-state index >= 15 is 0 Å². The molecule has 0 aliphatic heterocycles. The molecule has 1 atom stereocenters. The number of amides is 1. The van der Waals surface area contributed by atoms with Crippen LogP contribution in [-0.4, -0.2) is 5.91 Å². The topological polar surface area (TPSA) is 29.1 Å². The normalized spacial score (nSPS) is 12.8. The van der Waals surface area contributed by atoms with Crippen molar-refractivity contribution in [3.05, 3.63) is 70.7 Å². The minimum atomic E-state index is -0.631. The summed E-state index contributed by atoms with van der Waals surface area (Å²) in [5.41, 5.74) is 1.37. The Morgan fingerprint density at radius 3 is 2.38 bits per heavy atom. The van der Waals surface area contributed by atoms with Gasteiger partial charge in [0.25, 0.3) is 0 Å². The van der Waals surface area contributed by atoms with Crippen molar-refractivity contribution in [2.45, 2.75) is 32.2 Å². The van der Waals surface area contributed by atoms with Crippen molar-refractivity contribution >= 4 is 17.5 Å². The third kappa shape index (κ3) is 3.64. The highest BCUT2D eigenvalue weighted by Gasteiger charge is 2.30. The Balaban J connectivity index is 2.15. The molecule has 1 amide bonds. The minimum Gasteiger partial charge on any atom is -0.349 e. The highest BCUT2D eigenvalue weighted by Crippen LogP contribution is 2.27. The van der Waals surface area contributed by atoms with Gasteiger partial charge in [0.15, 0.2) is 0 Å². The van der Waals surface area contributed by atoms with Gasteiger partial charge >= 0.3 is 0 Å². The molecule has 2 aromatic rings. The Morgan fingerprint density at radius 2 is 1.76 bits per heavy atom. The van der Waals surface area contributed by atoms with Gasteiger partial charge in [-0.15, -0.1) is 0 Å². The number of rotatable bonds is 4. The van der Waals surface area contributed by atoms with Crippen molar-refractivity contribution in [3.63, 3.8) is 0 Å². The molecule has 0 saturated heterocycles. The van der Waals surface area contributed by atoms with Gasteiger partial charge in [0.05, 0.1) is 11.5 Å². The molecule has 0 saturated carbocycles. The second-order valence-electron chi connectivity index (χ2n) is 5.74. The summed E-state index contributed by atoms with van der Waals surface area (Å²) in [7, 11) is 0. The quantitative estimate of drug-likeness (QED) is 0.885. The number of hydrogen-bond donors (Lipinski definition) is 1. The van der Waals surface area contributed by atoms with E-state index in [0.29, 0.717) is 5.02 Å². The zero-order chi connectivity index (χ0) is 15.5. The van der Waals surface area contributed by atoms with Crippen molar-refractivity contribution in [2.75, 3.05) is 0 Å². The highest BCUT2D eigenvalue weighted by atomic mass is 35.5. The molecule has 0 fully saturated rings. The molecule has 0 aromatic heterocycles. The molecule has 0 radical (unpaired) electrons. The molecular weight excluding hydrogens is 282 g/mol. The molecule has 0 bridgehead atoms. The van der Waals surface area contributed by atoms with Crippen molar-refractivity contribution in [3.8, 4) is 0 Å². The lowest BCUT2D eigenvalue weighted by Gasteiger charge is -2.27. The van der Waals surface area contributed by atoms with Gasteiger partial charge in [0.1, 0.15) is 0 Å². The summed E-state index contributed by atoms with van der Waals surface area (Å²) in [6.07, 6.45) is 0. The van der Waals surface area contributed by atoms with E-state index in [-0.39, 0.29) is 11.9 Å². The summed E-state index contributed by atoms with van der Waals surface area (Å²) in [6.45, 7) is 5.80. The molecule has 0 heterocycles. The standard InChI is InChI=1S/C18H20ClNO/c1-13(14-8-5-4-6-9-14)20-17(21)18(2,3)15-10-7-11-16(19)12-15/h4-13H,1-3H3,(H,20,21). The van der Waals surface area contributed by atoms with E-state index in [1.807, 2.05) is 75.4 Å². The number of carbonyl (C=O) groups excluding carboxylic acids is 1. The van der Waals surface area contributed by atoms with Crippen LogP contribution < -0.4 is 5.32 Å². The number of carbonyl (C=O) groups is 1. The third-order valence-corrected chi connectivity index (χ3v) is 4.00. The predicted octanol–water partition coefficient (Wildman–Crippen LogP) is 4.50. The van der Waals surface area contributed by atoms with Gasteiger partial charge in [-0.25, -0.2) is 0 Å². The van der Waals surface area contributed by atoms with Crippen molar-refractivity contribution in [1.82, 2.24) is 5.32 Å². The Labute approximate surface area is 131 Å². The molecule has 0 aliphatic carbocycles. The van der Waals surface area contributed by atoms with Crippen LogP contribution in [0.5, 0.6) is 0 Å². The number of halogens is 1. The molecule has 110 valence electrons. The van der Waals surface area contributed by atoms with Gasteiger partial charge in [0.2, 0.25) is 5.91 Å². The summed E-state index contributed by atoms with van der Waals surface area (Å²) in [6, 6.07) is 17.4. The Hall–Kier alpha value is -1.80. The summed E-state index contributed by atoms with van der Waals surface area (Å²) >= 11 is 6.03. The Kier molecular flexibility index (Phi) is 4.69. The van der Waals surface area contributed by atoms with Gasteiger partial charge in [-0.1, -0.05) is 54.1 Å². The van der Waals surface area contributed by atoms with Crippen LogP contribution in [0.3, 0.4) is 0 Å². The maximum atomic E-state index is 12.6. The van der Waals surface area contributed by atoms with Crippen LogP contribution in [0, 0.1) is 0 Å². The Bertz CT molecular complexity index is 622. The molecule has 0 aliphatic rings.